The second-order valence-corrected chi connectivity index (χ2v) is 5.79. The molecule has 118 valence electrons. The highest BCUT2D eigenvalue weighted by molar-refractivity contribution is 5.91. The lowest BCUT2D eigenvalue weighted by molar-refractivity contribution is -0.114. The summed E-state index contributed by atoms with van der Waals surface area (Å²) in [7, 11) is 0. The molecule has 5 nitrogen and oxygen atoms in total. The summed E-state index contributed by atoms with van der Waals surface area (Å²) in [5.74, 6) is -0.123. The maximum absolute atomic E-state index is 12.2. The summed E-state index contributed by atoms with van der Waals surface area (Å²) < 4.78 is 0. The fourth-order valence-electron chi connectivity index (χ4n) is 2.59. The molecule has 5 heteroatoms. The van der Waals surface area contributed by atoms with E-state index in [-0.39, 0.29) is 17.5 Å². The first kappa shape index (κ1) is 15.1. The van der Waals surface area contributed by atoms with Gasteiger partial charge in [0.2, 0.25) is 5.91 Å². The number of amides is 3. The topological polar surface area (TPSA) is 70.2 Å². The predicted octanol–water partition coefficient (Wildman–Crippen LogP) is 3.46. The average molecular weight is 309 g/mol. The molecular weight excluding hydrogens is 290 g/mol. The molecule has 1 aliphatic rings. The lowest BCUT2D eigenvalue weighted by Gasteiger charge is -2.18. The van der Waals surface area contributed by atoms with Gasteiger partial charge in [0.05, 0.1) is 5.54 Å². The van der Waals surface area contributed by atoms with E-state index in [1.165, 1.54) is 6.92 Å². The number of carbonyl (C=O) groups is 2. The summed E-state index contributed by atoms with van der Waals surface area (Å²) in [6, 6.07) is 16.8. The Hall–Kier alpha value is -2.82. The third kappa shape index (κ3) is 3.69. The zero-order valence-corrected chi connectivity index (χ0v) is 12.9. The first-order valence-corrected chi connectivity index (χ1v) is 7.60. The van der Waals surface area contributed by atoms with Gasteiger partial charge in [-0.05, 0) is 42.7 Å². The van der Waals surface area contributed by atoms with Gasteiger partial charge in [-0.25, -0.2) is 4.79 Å². The van der Waals surface area contributed by atoms with Gasteiger partial charge in [-0.1, -0.05) is 30.3 Å². The summed E-state index contributed by atoms with van der Waals surface area (Å²) in [6.45, 7) is 1.46. The zero-order chi connectivity index (χ0) is 16.3. The highest BCUT2D eigenvalue weighted by Gasteiger charge is 2.45. The summed E-state index contributed by atoms with van der Waals surface area (Å²) in [6.07, 6.45) is 1.90. The Morgan fingerprint density at radius 3 is 1.96 bits per heavy atom. The number of anilines is 2. The summed E-state index contributed by atoms with van der Waals surface area (Å²) in [5, 5.41) is 8.57. The second-order valence-electron chi connectivity index (χ2n) is 5.79. The molecule has 0 aliphatic heterocycles. The minimum atomic E-state index is -0.235. The third-order valence-corrected chi connectivity index (χ3v) is 3.89. The molecule has 23 heavy (non-hydrogen) atoms. The molecule has 0 saturated heterocycles. The molecule has 0 radical (unpaired) electrons. The first-order valence-electron chi connectivity index (χ1n) is 7.60. The molecule has 0 aromatic heterocycles. The van der Waals surface area contributed by atoms with Gasteiger partial charge < -0.3 is 16.0 Å². The number of urea groups is 1. The maximum Gasteiger partial charge on any atom is 0.319 e. The van der Waals surface area contributed by atoms with E-state index in [9.17, 15) is 9.59 Å². The molecule has 3 amide bonds. The minimum Gasteiger partial charge on any atom is -0.328 e. The minimum absolute atomic E-state index is 0.123. The van der Waals surface area contributed by atoms with Crippen LogP contribution in [-0.2, 0) is 10.3 Å². The molecule has 0 heterocycles. The van der Waals surface area contributed by atoms with Crippen molar-refractivity contribution >= 4 is 23.3 Å². The number of benzene rings is 2. The van der Waals surface area contributed by atoms with E-state index in [0.717, 1.165) is 18.4 Å². The Kier molecular flexibility index (Phi) is 4.02. The summed E-state index contributed by atoms with van der Waals surface area (Å²) in [4.78, 5) is 23.2. The van der Waals surface area contributed by atoms with Crippen molar-refractivity contribution in [2.24, 2.45) is 0 Å². The number of carbonyl (C=O) groups excluding carboxylic acids is 2. The SMILES string of the molecule is CC(=O)Nc1ccc(NC(=O)NC2(c3ccccc3)CC2)cc1. The number of hydrogen-bond acceptors (Lipinski definition) is 2. The Morgan fingerprint density at radius 1 is 0.870 bits per heavy atom. The molecule has 3 N–H and O–H groups in total. The van der Waals surface area contributed by atoms with Crippen molar-refractivity contribution < 1.29 is 9.59 Å². The van der Waals surface area contributed by atoms with E-state index in [4.69, 9.17) is 0 Å². The van der Waals surface area contributed by atoms with Crippen LogP contribution in [0.5, 0.6) is 0 Å². The van der Waals surface area contributed by atoms with Gasteiger partial charge in [-0.2, -0.15) is 0 Å². The monoisotopic (exact) mass is 309 g/mol. The fraction of sp³-hybridized carbons (Fsp3) is 0.222. The van der Waals surface area contributed by atoms with Crippen molar-refractivity contribution in [3.8, 4) is 0 Å². The van der Waals surface area contributed by atoms with Crippen LogP contribution in [0.4, 0.5) is 16.2 Å². The van der Waals surface area contributed by atoms with Crippen LogP contribution in [0.15, 0.2) is 54.6 Å². The largest absolute Gasteiger partial charge is 0.328 e. The molecule has 1 saturated carbocycles. The molecule has 1 fully saturated rings. The van der Waals surface area contributed by atoms with E-state index in [1.807, 2.05) is 30.3 Å². The van der Waals surface area contributed by atoms with Gasteiger partial charge in [0.1, 0.15) is 0 Å². The normalized spacial score (nSPS) is 14.7. The summed E-state index contributed by atoms with van der Waals surface area (Å²) >= 11 is 0. The van der Waals surface area contributed by atoms with Gasteiger partial charge >= 0.3 is 6.03 Å². The smallest absolute Gasteiger partial charge is 0.319 e. The second kappa shape index (κ2) is 6.12. The summed E-state index contributed by atoms with van der Waals surface area (Å²) in [5.41, 5.74) is 2.28. The molecular formula is C18H19N3O2. The number of hydrogen-bond donors (Lipinski definition) is 3. The molecule has 0 spiro atoms. The highest BCUT2D eigenvalue weighted by atomic mass is 16.2. The zero-order valence-electron chi connectivity index (χ0n) is 12.9. The van der Waals surface area contributed by atoms with E-state index in [2.05, 4.69) is 16.0 Å². The molecule has 0 atom stereocenters. The molecule has 3 rings (SSSR count). The number of nitrogens with one attached hydrogen (secondary N) is 3. The van der Waals surface area contributed by atoms with E-state index < -0.39 is 0 Å². The third-order valence-electron chi connectivity index (χ3n) is 3.89. The maximum atomic E-state index is 12.2. The van der Waals surface area contributed by atoms with Crippen molar-refractivity contribution in [3.05, 3.63) is 60.2 Å². The number of rotatable bonds is 4. The van der Waals surface area contributed by atoms with Gasteiger partial charge in [-0.3, -0.25) is 4.79 Å². The van der Waals surface area contributed by atoms with Crippen LogP contribution in [0.1, 0.15) is 25.3 Å². The van der Waals surface area contributed by atoms with Crippen molar-refractivity contribution in [2.45, 2.75) is 25.3 Å². The van der Waals surface area contributed by atoms with Crippen LogP contribution in [-0.4, -0.2) is 11.9 Å². The first-order chi connectivity index (χ1) is 11.1. The molecule has 0 unspecified atom stereocenters. The van der Waals surface area contributed by atoms with E-state index in [0.29, 0.717) is 11.4 Å². The fourth-order valence-corrected chi connectivity index (χ4v) is 2.59. The van der Waals surface area contributed by atoms with Gasteiger partial charge in [0.15, 0.2) is 0 Å². The Bertz CT molecular complexity index is 707. The Morgan fingerprint density at radius 2 is 1.43 bits per heavy atom. The molecule has 2 aromatic rings. The molecule has 2 aromatic carbocycles. The van der Waals surface area contributed by atoms with Crippen molar-refractivity contribution in [1.29, 1.82) is 0 Å². The van der Waals surface area contributed by atoms with Gasteiger partial charge in [0, 0.05) is 18.3 Å². The quantitative estimate of drug-likeness (QED) is 0.809. The Balaban J connectivity index is 1.60. The van der Waals surface area contributed by atoms with E-state index in [1.54, 1.807) is 24.3 Å². The van der Waals surface area contributed by atoms with Crippen LogP contribution in [0, 0.1) is 0 Å². The van der Waals surface area contributed by atoms with Crippen molar-refractivity contribution in [2.75, 3.05) is 10.6 Å². The van der Waals surface area contributed by atoms with E-state index >= 15 is 0 Å². The molecule has 1 aliphatic carbocycles. The molecule has 0 bridgehead atoms. The van der Waals surface area contributed by atoms with Crippen molar-refractivity contribution in [1.82, 2.24) is 5.32 Å². The standard InChI is InChI=1S/C18H19N3O2/c1-13(22)19-15-7-9-16(10-8-15)20-17(23)21-18(11-12-18)14-5-3-2-4-6-14/h2-10H,11-12H2,1H3,(H,19,22)(H2,20,21,23). The lowest BCUT2D eigenvalue weighted by atomic mass is 10.1. The van der Waals surface area contributed by atoms with Crippen LogP contribution in [0.2, 0.25) is 0 Å². The van der Waals surface area contributed by atoms with Gasteiger partial charge in [0.25, 0.3) is 0 Å². The Labute approximate surface area is 135 Å². The van der Waals surface area contributed by atoms with Crippen LogP contribution in [0.3, 0.4) is 0 Å². The average Bonchev–Trinajstić information content (AvgIpc) is 3.30. The van der Waals surface area contributed by atoms with Crippen molar-refractivity contribution in [3.63, 3.8) is 0 Å². The van der Waals surface area contributed by atoms with Crippen LogP contribution < -0.4 is 16.0 Å². The highest BCUT2D eigenvalue weighted by Crippen LogP contribution is 2.45. The lowest BCUT2D eigenvalue weighted by Crippen LogP contribution is -2.38. The van der Waals surface area contributed by atoms with Crippen LogP contribution >= 0.6 is 0 Å². The predicted molar refractivity (Wildman–Crippen MR) is 90.3 cm³/mol. The van der Waals surface area contributed by atoms with Crippen LogP contribution in [0.25, 0.3) is 0 Å². The van der Waals surface area contributed by atoms with Gasteiger partial charge in [-0.15, -0.1) is 0 Å².